The first-order valence-electron chi connectivity index (χ1n) is 9.31. The number of carbonyl (C=O) groups excluding carboxylic acids is 1. The number of hydrogen-bond donors (Lipinski definition) is 1. The van der Waals surface area contributed by atoms with Crippen molar-refractivity contribution in [2.45, 2.75) is 32.1 Å². The Labute approximate surface area is 151 Å². The van der Waals surface area contributed by atoms with E-state index in [1.807, 2.05) is 36.4 Å². The Hall–Kier alpha value is -2.88. The third kappa shape index (κ3) is 2.37. The molecule has 0 amide bonds. The molecule has 4 nitrogen and oxygen atoms in total. The molecular formula is C22H20N2O2. The molecule has 2 aromatic carbocycles. The molecule has 3 aromatic rings. The van der Waals surface area contributed by atoms with Crippen LogP contribution in [-0.4, -0.2) is 17.5 Å². The molecule has 0 saturated carbocycles. The first kappa shape index (κ1) is 15.4. The number of nitrogens with zero attached hydrogens (tertiary/aromatic N) is 1. The number of nitrogens with one attached hydrogen (secondary N) is 1. The summed E-state index contributed by atoms with van der Waals surface area (Å²) < 4.78 is 5.59. The third-order valence-corrected chi connectivity index (χ3v) is 5.44. The number of carbonyl (C=O) groups is 1. The van der Waals surface area contributed by atoms with Gasteiger partial charge in [-0.1, -0.05) is 41.1 Å². The standard InChI is InChI=1S/C22H20N2O2/c25-21-15-8-4-5-9-16(15)22-20-18(24-26-22)11-10-17(19(20)21)23-13-12-14-6-2-1-3-7-14/h4-6,8-11,23H,1-3,7,12-13H2. The lowest BCUT2D eigenvalue weighted by molar-refractivity contribution is 0.104. The number of aromatic nitrogens is 1. The lowest BCUT2D eigenvalue weighted by Crippen LogP contribution is -2.13. The van der Waals surface area contributed by atoms with Gasteiger partial charge in [0.15, 0.2) is 11.5 Å². The number of hydrogen-bond acceptors (Lipinski definition) is 4. The second-order valence-corrected chi connectivity index (χ2v) is 7.05. The van der Waals surface area contributed by atoms with Crippen molar-refractivity contribution in [3.05, 3.63) is 59.2 Å². The fourth-order valence-electron chi connectivity index (χ4n) is 4.11. The first-order chi connectivity index (χ1) is 12.8. The van der Waals surface area contributed by atoms with Crippen LogP contribution in [0.2, 0.25) is 0 Å². The molecule has 0 spiro atoms. The van der Waals surface area contributed by atoms with Crippen LogP contribution in [0.5, 0.6) is 0 Å². The second kappa shape index (κ2) is 6.13. The van der Waals surface area contributed by atoms with Crippen LogP contribution in [0.15, 0.2) is 52.6 Å². The van der Waals surface area contributed by atoms with Crippen molar-refractivity contribution in [2.24, 2.45) is 0 Å². The van der Waals surface area contributed by atoms with E-state index in [-0.39, 0.29) is 5.78 Å². The molecule has 26 heavy (non-hydrogen) atoms. The molecule has 0 saturated heterocycles. The Kier molecular flexibility index (Phi) is 3.63. The maximum absolute atomic E-state index is 13.2. The van der Waals surface area contributed by atoms with E-state index >= 15 is 0 Å². The molecule has 0 bridgehead atoms. The monoisotopic (exact) mass is 344 g/mol. The van der Waals surface area contributed by atoms with Crippen molar-refractivity contribution in [1.82, 2.24) is 5.16 Å². The first-order valence-corrected chi connectivity index (χ1v) is 9.31. The fraction of sp³-hybridized carbons (Fsp3) is 0.273. The number of anilines is 1. The van der Waals surface area contributed by atoms with Gasteiger partial charge in [0.05, 0.1) is 10.9 Å². The van der Waals surface area contributed by atoms with Crippen LogP contribution in [-0.2, 0) is 0 Å². The largest absolute Gasteiger partial charge is 0.384 e. The summed E-state index contributed by atoms with van der Waals surface area (Å²) in [5.74, 6) is 0.741. The van der Waals surface area contributed by atoms with Crippen LogP contribution >= 0.6 is 0 Å². The van der Waals surface area contributed by atoms with Crippen molar-refractivity contribution < 1.29 is 9.32 Å². The van der Waals surface area contributed by atoms with E-state index in [4.69, 9.17) is 4.52 Å². The maximum Gasteiger partial charge on any atom is 0.196 e. The molecule has 0 fully saturated rings. The molecule has 1 aromatic heterocycles. The van der Waals surface area contributed by atoms with Crippen LogP contribution in [0.3, 0.4) is 0 Å². The summed E-state index contributed by atoms with van der Waals surface area (Å²) in [7, 11) is 0. The molecule has 5 rings (SSSR count). The minimum atomic E-state index is 0.0429. The van der Waals surface area contributed by atoms with E-state index in [1.54, 1.807) is 0 Å². The second-order valence-electron chi connectivity index (χ2n) is 7.05. The van der Waals surface area contributed by atoms with Crippen LogP contribution in [0.25, 0.3) is 22.2 Å². The molecule has 0 radical (unpaired) electrons. The van der Waals surface area contributed by atoms with Gasteiger partial charge in [-0.15, -0.1) is 0 Å². The Morgan fingerprint density at radius 2 is 1.96 bits per heavy atom. The zero-order valence-corrected chi connectivity index (χ0v) is 14.5. The Balaban J connectivity index is 1.52. The fourth-order valence-corrected chi connectivity index (χ4v) is 4.11. The van der Waals surface area contributed by atoms with Crippen LogP contribution in [0.1, 0.15) is 48.0 Å². The summed E-state index contributed by atoms with van der Waals surface area (Å²) in [6.45, 7) is 0.833. The highest BCUT2D eigenvalue weighted by Gasteiger charge is 2.30. The van der Waals surface area contributed by atoms with Gasteiger partial charge in [0.1, 0.15) is 5.52 Å². The minimum absolute atomic E-state index is 0.0429. The van der Waals surface area contributed by atoms with E-state index in [9.17, 15) is 4.79 Å². The average molecular weight is 344 g/mol. The van der Waals surface area contributed by atoms with Gasteiger partial charge < -0.3 is 9.84 Å². The molecule has 0 atom stereocenters. The molecule has 0 unspecified atom stereocenters. The smallest absolute Gasteiger partial charge is 0.196 e. The predicted molar refractivity (Wildman–Crippen MR) is 103 cm³/mol. The molecule has 130 valence electrons. The van der Waals surface area contributed by atoms with E-state index in [0.717, 1.165) is 35.1 Å². The van der Waals surface area contributed by atoms with Crippen molar-refractivity contribution in [3.8, 4) is 11.3 Å². The lowest BCUT2D eigenvalue weighted by Gasteiger charge is -2.18. The zero-order valence-electron chi connectivity index (χ0n) is 14.5. The summed E-state index contributed by atoms with van der Waals surface area (Å²) in [5, 5.41) is 8.47. The van der Waals surface area contributed by atoms with Gasteiger partial charge in [0.25, 0.3) is 0 Å². The molecule has 4 heteroatoms. The zero-order chi connectivity index (χ0) is 17.5. The Morgan fingerprint density at radius 3 is 2.81 bits per heavy atom. The van der Waals surface area contributed by atoms with Gasteiger partial charge in [-0.2, -0.15) is 0 Å². The molecule has 1 heterocycles. The van der Waals surface area contributed by atoms with Gasteiger partial charge in [-0.3, -0.25) is 4.79 Å². The van der Waals surface area contributed by atoms with Crippen LogP contribution in [0.4, 0.5) is 5.69 Å². The van der Waals surface area contributed by atoms with Gasteiger partial charge >= 0.3 is 0 Å². The Bertz CT molecular complexity index is 1050. The topological polar surface area (TPSA) is 55.1 Å². The summed E-state index contributed by atoms with van der Waals surface area (Å²) in [6, 6.07) is 11.5. The highest BCUT2D eigenvalue weighted by atomic mass is 16.5. The normalized spacial score (nSPS) is 15.7. The van der Waals surface area contributed by atoms with E-state index in [1.165, 1.54) is 31.3 Å². The summed E-state index contributed by atoms with van der Waals surface area (Å²) in [5.41, 5.74) is 5.34. The number of fused-ring (bicyclic) bond motifs is 2. The van der Waals surface area contributed by atoms with E-state index in [0.29, 0.717) is 16.9 Å². The summed E-state index contributed by atoms with van der Waals surface area (Å²) >= 11 is 0. The van der Waals surface area contributed by atoms with Crippen LogP contribution in [0, 0.1) is 0 Å². The van der Waals surface area contributed by atoms with Gasteiger partial charge in [-0.25, -0.2) is 0 Å². The summed E-state index contributed by atoms with van der Waals surface area (Å²) in [4.78, 5) is 13.2. The van der Waals surface area contributed by atoms with Gasteiger partial charge in [0, 0.05) is 23.4 Å². The number of ketones is 1. The summed E-state index contributed by atoms with van der Waals surface area (Å²) in [6.07, 6.45) is 8.41. The highest BCUT2D eigenvalue weighted by Crippen LogP contribution is 2.42. The quantitative estimate of drug-likeness (QED) is 0.508. The number of benzene rings is 2. The molecule has 0 aliphatic heterocycles. The third-order valence-electron chi connectivity index (χ3n) is 5.44. The highest BCUT2D eigenvalue weighted by molar-refractivity contribution is 6.27. The predicted octanol–water partition coefficient (Wildman–Crippen LogP) is 5.34. The number of allylic oxidation sites excluding steroid dienone is 1. The van der Waals surface area contributed by atoms with Crippen molar-refractivity contribution >= 4 is 22.4 Å². The van der Waals surface area contributed by atoms with Crippen LogP contribution < -0.4 is 5.32 Å². The van der Waals surface area contributed by atoms with E-state index < -0.39 is 0 Å². The van der Waals surface area contributed by atoms with Crippen molar-refractivity contribution in [2.75, 3.05) is 11.9 Å². The molecule has 2 aliphatic carbocycles. The van der Waals surface area contributed by atoms with Crippen molar-refractivity contribution in [1.29, 1.82) is 0 Å². The van der Waals surface area contributed by atoms with Gasteiger partial charge in [0.2, 0.25) is 0 Å². The van der Waals surface area contributed by atoms with Crippen molar-refractivity contribution in [3.63, 3.8) is 0 Å². The lowest BCUT2D eigenvalue weighted by atomic mass is 9.87. The average Bonchev–Trinajstić information content (AvgIpc) is 3.12. The minimum Gasteiger partial charge on any atom is -0.384 e. The van der Waals surface area contributed by atoms with E-state index in [2.05, 4.69) is 16.5 Å². The molecule has 2 aliphatic rings. The van der Waals surface area contributed by atoms with Gasteiger partial charge in [-0.05, 0) is 44.2 Å². The number of rotatable bonds is 4. The molecule has 1 N–H and O–H groups in total. The molecular weight excluding hydrogens is 324 g/mol. The Morgan fingerprint density at radius 1 is 1.08 bits per heavy atom. The SMILES string of the molecule is O=C1c2ccccc2-c2onc3ccc(NCCC4=CCCCC4)c1c23. The maximum atomic E-state index is 13.2.